The number of carbonyl (C=O) groups is 1. The van der Waals surface area contributed by atoms with Crippen molar-refractivity contribution < 1.29 is 27.6 Å². The predicted octanol–water partition coefficient (Wildman–Crippen LogP) is 1.88. The van der Waals surface area contributed by atoms with E-state index in [9.17, 15) is 18.3 Å². The lowest BCUT2D eigenvalue weighted by atomic mass is 10.1. The van der Waals surface area contributed by atoms with Crippen molar-refractivity contribution in [3.63, 3.8) is 0 Å². The van der Waals surface area contributed by atoms with Crippen LogP contribution in [0, 0.1) is 0 Å². The largest absolute Gasteiger partial charge is 0.512 e. The molecule has 3 N–H and O–H groups in total. The molecule has 1 aliphatic rings. The van der Waals surface area contributed by atoms with Crippen molar-refractivity contribution in [3.05, 3.63) is 46.6 Å². The molecule has 29 heavy (non-hydrogen) atoms. The minimum Gasteiger partial charge on any atom is -0.512 e. The smallest absolute Gasteiger partial charge is 0.294 e. The molecular formula is C18H23N3O6S2. The Morgan fingerprint density at radius 2 is 2.00 bits per heavy atom. The van der Waals surface area contributed by atoms with E-state index in [0.29, 0.717) is 37.0 Å². The number of amides is 1. The molecule has 0 bridgehead atoms. The highest BCUT2D eigenvalue weighted by Crippen LogP contribution is 2.19. The van der Waals surface area contributed by atoms with Gasteiger partial charge in [0, 0.05) is 30.7 Å². The van der Waals surface area contributed by atoms with Crippen LogP contribution in [0.1, 0.15) is 6.92 Å². The molecule has 0 aromatic heterocycles. The molecule has 0 saturated carbocycles. The normalized spacial score (nSPS) is 17.0. The van der Waals surface area contributed by atoms with Crippen LogP contribution in [0.25, 0.3) is 0 Å². The molecule has 1 aromatic rings. The second-order valence-electron chi connectivity index (χ2n) is 6.13. The van der Waals surface area contributed by atoms with Crippen LogP contribution in [-0.2, 0) is 19.6 Å². The zero-order valence-electron chi connectivity index (χ0n) is 16.0. The molecule has 1 fully saturated rings. The second-order valence-corrected chi connectivity index (χ2v) is 8.04. The zero-order valence-corrected chi connectivity index (χ0v) is 17.7. The van der Waals surface area contributed by atoms with Crippen molar-refractivity contribution in [2.45, 2.75) is 11.8 Å². The fourth-order valence-corrected chi connectivity index (χ4v) is 3.56. The van der Waals surface area contributed by atoms with E-state index in [0.717, 1.165) is 6.07 Å². The van der Waals surface area contributed by atoms with E-state index >= 15 is 0 Å². The molecule has 1 amide bonds. The molecule has 1 saturated heterocycles. The first-order valence-electron chi connectivity index (χ1n) is 8.62. The van der Waals surface area contributed by atoms with Gasteiger partial charge in [-0.1, -0.05) is 6.07 Å². The van der Waals surface area contributed by atoms with E-state index in [4.69, 9.17) is 9.29 Å². The first-order chi connectivity index (χ1) is 13.6. The van der Waals surface area contributed by atoms with Gasteiger partial charge in [-0.2, -0.15) is 8.42 Å². The van der Waals surface area contributed by atoms with E-state index in [1.165, 1.54) is 31.2 Å². The Morgan fingerprint density at radius 1 is 1.34 bits per heavy atom. The van der Waals surface area contributed by atoms with E-state index in [1.807, 2.05) is 4.90 Å². The standard InChI is InChI=1S/C18H23N3O6S2/c1-12(22)15(11-16(28)17(19-2)21-6-8-27-9-7-21)18(23)20-13-4-3-5-14(10-13)29(24,25)26/h3-5,10-11,22,28H,6-9H2,1-2H3,(H,20,23)(H,24,25,26). The molecule has 0 radical (unpaired) electrons. The Bertz CT molecular complexity index is 960. The van der Waals surface area contributed by atoms with Crippen molar-refractivity contribution >= 4 is 40.2 Å². The molecule has 1 aliphatic heterocycles. The van der Waals surface area contributed by atoms with Gasteiger partial charge in [-0.05, 0) is 31.2 Å². The van der Waals surface area contributed by atoms with E-state index in [2.05, 4.69) is 22.9 Å². The van der Waals surface area contributed by atoms with Gasteiger partial charge in [-0.25, -0.2) is 0 Å². The molecule has 158 valence electrons. The molecule has 9 nitrogen and oxygen atoms in total. The van der Waals surface area contributed by atoms with Crippen LogP contribution in [0.5, 0.6) is 0 Å². The topological polar surface area (TPSA) is 129 Å². The number of allylic oxidation sites excluding steroid dienone is 1. The van der Waals surface area contributed by atoms with Crippen molar-refractivity contribution in [1.29, 1.82) is 0 Å². The van der Waals surface area contributed by atoms with Crippen molar-refractivity contribution in [2.75, 3.05) is 38.7 Å². The Kier molecular flexibility index (Phi) is 7.85. The lowest BCUT2D eigenvalue weighted by Gasteiger charge is -2.29. The maximum Gasteiger partial charge on any atom is 0.294 e. The van der Waals surface area contributed by atoms with Crippen LogP contribution in [0.4, 0.5) is 5.69 Å². The number of hydrogen-bond acceptors (Lipinski definition) is 7. The van der Waals surface area contributed by atoms with Crippen molar-refractivity contribution in [2.24, 2.45) is 4.99 Å². The van der Waals surface area contributed by atoms with Gasteiger partial charge in [0.25, 0.3) is 16.0 Å². The molecule has 11 heteroatoms. The maximum atomic E-state index is 12.6. The molecule has 0 atom stereocenters. The number of ether oxygens (including phenoxy) is 1. The number of aliphatic imine (C=N–C) groups is 1. The summed E-state index contributed by atoms with van der Waals surface area (Å²) in [6.45, 7) is 3.68. The Hall–Kier alpha value is -2.34. The van der Waals surface area contributed by atoms with Gasteiger partial charge >= 0.3 is 0 Å². The fourth-order valence-electron chi connectivity index (χ4n) is 2.66. The lowest BCUT2D eigenvalue weighted by molar-refractivity contribution is -0.112. The Balaban J connectivity index is 2.26. The number of nitrogens with one attached hydrogen (secondary N) is 1. The molecule has 1 aromatic carbocycles. The van der Waals surface area contributed by atoms with Crippen molar-refractivity contribution in [3.8, 4) is 0 Å². The van der Waals surface area contributed by atoms with Gasteiger partial charge < -0.3 is 20.1 Å². The van der Waals surface area contributed by atoms with Crippen LogP contribution in [-0.4, -0.2) is 68.1 Å². The third-order valence-corrected chi connectivity index (χ3v) is 5.24. The third kappa shape index (κ3) is 6.32. The zero-order chi connectivity index (χ0) is 21.6. The quantitative estimate of drug-likeness (QED) is 0.104. The number of nitrogens with zero attached hydrogens (tertiary/aromatic N) is 2. The summed E-state index contributed by atoms with van der Waals surface area (Å²) >= 11 is 4.43. The van der Waals surface area contributed by atoms with Crippen LogP contribution >= 0.6 is 12.6 Å². The van der Waals surface area contributed by atoms with Gasteiger partial charge in [0.2, 0.25) is 0 Å². The maximum absolute atomic E-state index is 12.6. The Labute approximate surface area is 174 Å². The number of rotatable bonds is 5. The van der Waals surface area contributed by atoms with Crippen LogP contribution < -0.4 is 5.32 Å². The summed E-state index contributed by atoms with van der Waals surface area (Å²) in [7, 11) is -2.81. The summed E-state index contributed by atoms with van der Waals surface area (Å²) in [5, 5.41) is 12.5. The van der Waals surface area contributed by atoms with Crippen LogP contribution in [0.2, 0.25) is 0 Å². The number of carbonyl (C=O) groups excluding carboxylic acids is 1. The number of benzene rings is 1. The van der Waals surface area contributed by atoms with Crippen LogP contribution in [0.15, 0.2) is 56.5 Å². The van der Waals surface area contributed by atoms with Gasteiger partial charge in [-0.15, -0.1) is 12.6 Å². The van der Waals surface area contributed by atoms with E-state index in [1.54, 1.807) is 7.05 Å². The average Bonchev–Trinajstić information content (AvgIpc) is 2.66. The summed E-state index contributed by atoms with van der Waals surface area (Å²) in [5.41, 5.74) is 0.0669. The molecule has 1 heterocycles. The minimum atomic E-state index is -4.41. The summed E-state index contributed by atoms with van der Waals surface area (Å²) in [4.78, 5) is 18.8. The summed E-state index contributed by atoms with van der Waals surface area (Å²) in [6, 6.07) is 5.12. The van der Waals surface area contributed by atoms with Gasteiger partial charge in [0.1, 0.15) is 11.6 Å². The Morgan fingerprint density at radius 3 is 2.55 bits per heavy atom. The SMILES string of the molecule is CN=C(C(S)=CC(C(=O)Nc1cccc(S(=O)(=O)O)c1)=C(C)O)N1CCOCC1. The van der Waals surface area contributed by atoms with Crippen molar-refractivity contribution in [1.82, 2.24) is 4.90 Å². The first kappa shape index (κ1) is 22.9. The predicted molar refractivity (Wildman–Crippen MR) is 113 cm³/mol. The molecule has 0 unspecified atom stereocenters. The molecule has 2 rings (SSSR count). The average molecular weight is 442 g/mol. The van der Waals surface area contributed by atoms with E-state index in [-0.39, 0.29) is 21.9 Å². The summed E-state index contributed by atoms with van der Waals surface area (Å²) in [5.74, 6) is -0.379. The number of thiol groups is 1. The summed E-state index contributed by atoms with van der Waals surface area (Å²) in [6.07, 6.45) is 1.39. The number of amidine groups is 1. The third-order valence-electron chi connectivity index (χ3n) is 4.06. The molecule has 0 spiro atoms. The molecular weight excluding hydrogens is 418 g/mol. The number of anilines is 1. The minimum absolute atomic E-state index is 0.0679. The van der Waals surface area contributed by atoms with Gasteiger partial charge in [-0.3, -0.25) is 14.3 Å². The number of aliphatic hydroxyl groups excluding tert-OH is 1. The number of aliphatic hydroxyl groups is 1. The van der Waals surface area contributed by atoms with Gasteiger partial charge in [0.05, 0.1) is 23.7 Å². The lowest BCUT2D eigenvalue weighted by Crippen LogP contribution is -2.41. The number of morpholine rings is 1. The highest BCUT2D eigenvalue weighted by atomic mass is 32.2. The summed E-state index contributed by atoms with van der Waals surface area (Å²) < 4.78 is 37.0. The fraction of sp³-hybridized carbons (Fsp3) is 0.333. The second kappa shape index (κ2) is 9.92. The highest BCUT2D eigenvalue weighted by molar-refractivity contribution is 7.86. The van der Waals surface area contributed by atoms with E-state index < -0.39 is 16.0 Å². The first-order valence-corrected chi connectivity index (χ1v) is 10.5. The number of hydrogen-bond donors (Lipinski definition) is 4. The van der Waals surface area contributed by atoms with Gasteiger partial charge in [0.15, 0.2) is 0 Å². The monoisotopic (exact) mass is 441 g/mol. The molecule has 0 aliphatic carbocycles. The highest BCUT2D eigenvalue weighted by Gasteiger charge is 2.19. The van der Waals surface area contributed by atoms with Crippen LogP contribution in [0.3, 0.4) is 0 Å².